The molecule has 1 aromatic rings. The Morgan fingerprint density at radius 3 is 2.68 bits per heavy atom. The van der Waals surface area contributed by atoms with Gasteiger partial charge in [0, 0.05) is 30.7 Å². The second kappa shape index (κ2) is 8.23. The number of hydrogen-bond donors (Lipinski definition) is 1. The van der Waals surface area contributed by atoms with Crippen LogP contribution < -0.4 is 0 Å². The molecule has 0 aliphatic heterocycles. The highest BCUT2D eigenvalue weighted by molar-refractivity contribution is 7.98. The molecule has 0 heterocycles. The number of amides is 1. The van der Waals surface area contributed by atoms with Crippen LogP contribution in [0.5, 0.6) is 0 Å². The number of benzene rings is 1. The molecule has 106 valence electrons. The van der Waals surface area contributed by atoms with Gasteiger partial charge in [0.05, 0.1) is 0 Å². The monoisotopic (exact) mass is 281 g/mol. The van der Waals surface area contributed by atoms with Gasteiger partial charge in [0.25, 0.3) is 5.91 Å². The van der Waals surface area contributed by atoms with E-state index in [9.17, 15) is 4.79 Å². The van der Waals surface area contributed by atoms with Crippen molar-refractivity contribution in [3.05, 3.63) is 29.3 Å². The van der Waals surface area contributed by atoms with Crippen LogP contribution in [0, 0.1) is 6.92 Å². The molecule has 3 nitrogen and oxygen atoms in total. The van der Waals surface area contributed by atoms with E-state index in [-0.39, 0.29) is 12.5 Å². The van der Waals surface area contributed by atoms with Crippen LogP contribution >= 0.6 is 11.8 Å². The lowest BCUT2D eigenvalue weighted by Gasteiger charge is -2.18. The molecule has 0 saturated carbocycles. The van der Waals surface area contributed by atoms with Crippen LogP contribution in [0.25, 0.3) is 0 Å². The molecule has 0 bridgehead atoms. The molecule has 0 spiro atoms. The van der Waals surface area contributed by atoms with Gasteiger partial charge in [0.1, 0.15) is 0 Å². The average Bonchev–Trinajstić information content (AvgIpc) is 2.43. The number of rotatable bonds is 7. The first-order valence-corrected chi connectivity index (χ1v) is 7.83. The molecule has 0 radical (unpaired) electrons. The number of aryl methyl sites for hydroxylation is 1. The van der Waals surface area contributed by atoms with Gasteiger partial charge in [-0.05, 0) is 50.1 Å². The molecule has 0 aliphatic carbocycles. The maximum atomic E-state index is 12.4. The molecule has 1 rings (SSSR count). The summed E-state index contributed by atoms with van der Waals surface area (Å²) in [6.07, 6.45) is 4.71. The Balaban J connectivity index is 2.65. The quantitative estimate of drug-likeness (QED) is 0.617. The van der Waals surface area contributed by atoms with Crippen LogP contribution in [0.1, 0.15) is 35.2 Å². The molecule has 1 amide bonds. The van der Waals surface area contributed by atoms with Crippen molar-refractivity contribution in [2.45, 2.75) is 31.1 Å². The van der Waals surface area contributed by atoms with E-state index in [1.54, 1.807) is 16.7 Å². The van der Waals surface area contributed by atoms with Crippen molar-refractivity contribution >= 4 is 17.7 Å². The van der Waals surface area contributed by atoms with E-state index in [1.807, 2.05) is 38.4 Å². The lowest BCUT2D eigenvalue weighted by Crippen LogP contribution is -2.28. The first-order valence-electron chi connectivity index (χ1n) is 6.61. The van der Waals surface area contributed by atoms with Gasteiger partial charge in [0.2, 0.25) is 0 Å². The summed E-state index contributed by atoms with van der Waals surface area (Å²) >= 11 is 1.65. The molecule has 1 aromatic carbocycles. The molecule has 19 heavy (non-hydrogen) atoms. The van der Waals surface area contributed by atoms with Crippen molar-refractivity contribution in [3.8, 4) is 0 Å². The molecule has 4 heteroatoms. The summed E-state index contributed by atoms with van der Waals surface area (Å²) < 4.78 is 0. The Morgan fingerprint density at radius 1 is 1.32 bits per heavy atom. The van der Waals surface area contributed by atoms with Crippen LogP contribution in [-0.4, -0.2) is 42.4 Å². The summed E-state index contributed by atoms with van der Waals surface area (Å²) in [5.41, 5.74) is 1.81. The summed E-state index contributed by atoms with van der Waals surface area (Å²) in [5.74, 6) is 0.0809. The van der Waals surface area contributed by atoms with E-state index < -0.39 is 0 Å². The highest BCUT2D eigenvalue weighted by Crippen LogP contribution is 2.20. The Morgan fingerprint density at radius 2 is 2.05 bits per heavy atom. The van der Waals surface area contributed by atoms with Crippen LogP contribution in [0.15, 0.2) is 23.1 Å². The number of unbranched alkanes of at least 4 members (excludes halogenated alkanes) is 2. The fourth-order valence-electron chi connectivity index (χ4n) is 1.90. The summed E-state index contributed by atoms with van der Waals surface area (Å²) in [6, 6.07) is 6.00. The van der Waals surface area contributed by atoms with Gasteiger partial charge in [-0.1, -0.05) is 6.07 Å². The van der Waals surface area contributed by atoms with Gasteiger partial charge in [0.15, 0.2) is 0 Å². The van der Waals surface area contributed by atoms with E-state index in [0.717, 1.165) is 41.8 Å². The summed E-state index contributed by atoms with van der Waals surface area (Å²) in [5, 5.41) is 8.73. The molecular weight excluding hydrogens is 258 g/mol. The molecule has 0 saturated heterocycles. The number of aliphatic hydroxyl groups excluding tert-OH is 1. The van der Waals surface area contributed by atoms with Crippen LogP contribution in [0.3, 0.4) is 0 Å². The van der Waals surface area contributed by atoms with Gasteiger partial charge in [-0.3, -0.25) is 4.79 Å². The second-order valence-electron chi connectivity index (χ2n) is 4.69. The third-order valence-electron chi connectivity index (χ3n) is 3.17. The van der Waals surface area contributed by atoms with Crippen LogP contribution in [0.2, 0.25) is 0 Å². The summed E-state index contributed by atoms with van der Waals surface area (Å²) in [7, 11) is 1.84. The van der Waals surface area contributed by atoms with Crippen molar-refractivity contribution < 1.29 is 9.90 Å². The summed E-state index contributed by atoms with van der Waals surface area (Å²) in [6.45, 7) is 2.94. The minimum Gasteiger partial charge on any atom is -0.396 e. The smallest absolute Gasteiger partial charge is 0.253 e. The normalized spacial score (nSPS) is 10.5. The van der Waals surface area contributed by atoms with Gasteiger partial charge in [-0.15, -0.1) is 11.8 Å². The minimum absolute atomic E-state index is 0.0809. The predicted octanol–water partition coefficient (Wildman–Crippen LogP) is 2.95. The van der Waals surface area contributed by atoms with E-state index >= 15 is 0 Å². The molecule has 0 aliphatic rings. The molecule has 1 N–H and O–H groups in total. The Kier molecular flexibility index (Phi) is 6.95. The number of thioether (sulfide) groups is 1. The lowest BCUT2D eigenvalue weighted by atomic mass is 10.1. The third-order valence-corrected chi connectivity index (χ3v) is 3.90. The Hall–Kier alpha value is -1.00. The minimum atomic E-state index is 0.0809. The third kappa shape index (κ3) is 4.88. The fraction of sp³-hybridized carbons (Fsp3) is 0.533. The van der Waals surface area contributed by atoms with Crippen LogP contribution in [-0.2, 0) is 0 Å². The first-order chi connectivity index (χ1) is 9.10. The first kappa shape index (κ1) is 16.1. The van der Waals surface area contributed by atoms with Crippen molar-refractivity contribution in [2.24, 2.45) is 0 Å². The van der Waals surface area contributed by atoms with Crippen LogP contribution in [0.4, 0.5) is 0 Å². The van der Waals surface area contributed by atoms with Gasteiger partial charge < -0.3 is 10.0 Å². The molecule has 0 atom stereocenters. The van der Waals surface area contributed by atoms with Crippen molar-refractivity contribution in [3.63, 3.8) is 0 Å². The Labute approximate surface area is 120 Å². The largest absolute Gasteiger partial charge is 0.396 e. The number of carbonyl (C=O) groups is 1. The standard InChI is InChI=1S/C15H23NO2S/c1-12-7-8-13(19-3)11-14(12)15(18)16(2)9-5-4-6-10-17/h7-8,11,17H,4-6,9-10H2,1-3H3. The van der Waals surface area contributed by atoms with Crippen molar-refractivity contribution in [1.82, 2.24) is 4.90 Å². The highest BCUT2D eigenvalue weighted by atomic mass is 32.2. The zero-order chi connectivity index (χ0) is 14.3. The number of hydrogen-bond acceptors (Lipinski definition) is 3. The zero-order valence-corrected chi connectivity index (χ0v) is 12.8. The van der Waals surface area contributed by atoms with Crippen molar-refractivity contribution in [1.29, 1.82) is 0 Å². The SMILES string of the molecule is CSc1ccc(C)c(C(=O)N(C)CCCCCO)c1. The maximum Gasteiger partial charge on any atom is 0.253 e. The topological polar surface area (TPSA) is 40.5 Å². The summed E-state index contributed by atoms with van der Waals surface area (Å²) in [4.78, 5) is 15.2. The lowest BCUT2D eigenvalue weighted by molar-refractivity contribution is 0.0791. The van der Waals surface area contributed by atoms with Crippen molar-refractivity contribution in [2.75, 3.05) is 26.5 Å². The van der Waals surface area contributed by atoms with E-state index in [4.69, 9.17) is 5.11 Å². The van der Waals surface area contributed by atoms with E-state index in [0.29, 0.717) is 0 Å². The molecule has 0 fully saturated rings. The average molecular weight is 281 g/mol. The Bertz CT molecular complexity index is 421. The van der Waals surface area contributed by atoms with Gasteiger partial charge >= 0.3 is 0 Å². The fourth-order valence-corrected chi connectivity index (χ4v) is 2.34. The molecular formula is C15H23NO2S. The maximum absolute atomic E-state index is 12.4. The van der Waals surface area contributed by atoms with E-state index in [2.05, 4.69) is 0 Å². The second-order valence-corrected chi connectivity index (χ2v) is 5.57. The predicted molar refractivity (Wildman–Crippen MR) is 80.9 cm³/mol. The number of nitrogens with zero attached hydrogens (tertiary/aromatic N) is 1. The number of aliphatic hydroxyl groups is 1. The highest BCUT2D eigenvalue weighted by Gasteiger charge is 2.14. The van der Waals surface area contributed by atoms with Gasteiger partial charge in [-0.2, -0.15) is 0 Å². The zero-order valence-electron chi connectivity index (χ0n) is 12.0. The molecule has 0 unspecified atom stereocenters. The molecule has 0 aromatic heterocycles. The van der Waals surface area contributed by atoms with E-state index in [1.165, 1.54) is 0 Å². The van der Waals surface area contributed by atoms with Gasteiger partial charge in [-0.25, -0.2) is 0 Å². The number of carbonyl (C=O) groups excluding carboxylic acids is 1.